The van der Waals surface area contributed by atoms with E-state index in [9.17, 15) is 8.42 Å². The fourth-order valence-corrected chi connectivity index (χ4v) is 4.23. The summed E-state index contributed by atoms with van der Waals surface area (Å²) in [5.74, 6) is 0. The lowest BCUT2D eigenvalue weighted by Crippen LogP contribution is -2.26. The quantitative estimate of drug-likeness (QED) is 0.760. The van der Waals surface area contributed by atoms with E-state index < -0.39 is 10.0 Å². The van der Waals surface area contributed by atoms with Crippen LogP contribution in [0, 0.1) is 19.3 Å². The number of rotatable bonds is 7. The zero-order valence-corrected chi connectivity index (χ0v) is 13.6. The summed E-state index contributed by atoms with van der Waals surface area (Å²) >= 11 is 1.30. The third-order valence-electron chi connectivity index (χ3n) is 3.16. The van der Waals surface area contributed by atoms with Gasteiger partial charge in [-0.1, -0.05) is 13.8 Å². The molecule has 0 amide bonds. The average Bonchev–Trinajstić information content (AvgIpc) is 2.66. The minimum absolute atomic E-state index is 0.114. The second kappa shape index (κ2) is 6.35. The van der Waals surface area contributed by atoms with Gasteiger partial charge in [0.05, 0.1) is 0 Å². The van der Waals surface area contributed by atoms with Crippen molar-refractivity contribution in [1.82, 2.24) is 4.72 Å². The molecular weight excluding hydrogens is 282 g/mol. The van der Waals surface area contributed by atoms with Crippen LogP contribution in [-0.2, 0) is 10.0 Å². The van der Waals surface area contributed by atoms with E-state index in [0.29, 0.717) is 10.8 Å². The van der Waals surface area contributed by atoms with Gasteiger partial charge >= 0.3 is 0 Å². The summed E-state index contributed by atoms with van der Waals surface area (Å²) in [4.78, 5) is 1.03. The normalized spacial score (nSPS) is 12.9. The van der Waals surface area contributed by atoms with E-state index in [-0.39, 0.29) is 12.0 Å². The summed E-state index contributed by atoms with van der Waals surface area (Å²) < 4.78 is 27.1. The molecule has 0 spiro atoms. The number of nitrogens with one attached hydrogen (secondary N) is 1. The van der Waals surface area contributed by atoms with Gasteiger partial charge in [-0.25, -0.2) is 13.1 Å². The van der Waals surface area contributed by atoms with Crippen LogP contribution < -0.4 is 4.72 Å². The van der Waals surface area contributed by atoms with Gasteiger partial charge in [-0.3, -0.25) is 0 Å². The standard InChI is InChI=1S/C13H23NO3S2/c1-10-8-12(18-11(10)2)19(16,17)14-7-5-6-13(3,4)9-15/h8,14-15H,5-7,9H2,1-4H3. The lowest BCUT2D eigenvalue weighted by Gasteiger charge is -2.21. The number of aliphatic hydroxyl groups is 1. The Kier molecular flexibility index (Phi) is 5.55. The van der Waals surface area contributed by atoms with Gasteiger partial charge in [0.25, 0.3) is 0 Å². The second-order valence-corrected chi connectivity index (χ2v) is 8.88. The highest BCUT2D eigenvalue weighted by molar-refractivity contribution is 7.91. The van der Waals surface area contributed by atoms with Gasteiger partial charge in [0.15, 0.2) is 0 Å². The molecular formula is C13H23NO3S2. The molecule has 110 valence electrons. The van der Waals surface area contributed by atoms with Gasteiger partial charge < -0.3 is 5.11 Å². The summed E-state index contributed by atoms with van der Waals surface area (Å²) in [5, 5.41) is 9.13. The molecule has 0 atom stereocenters. The topological polar surface area (TPSA) is 66.4 Å². The first kappa shape index (κ1) is 16.6. The van der Waals surface area contributed by atoms with Crippen molar-refractivity contribution in [3.63, 3.8) is 0 Å². The molecule has 4 nitrogen and oxygen atoms in total. The Hall–Kier alpha value is -0.430. The van der Waals surface area contributed by atoms with E-state index in [0.717, 1.165) is 23.3 Å². The van der Waals surface area contributed by atoms with Crippen LogP contribution in [0.2, 0.25) is 0 Å². The van der Waals surface area contributed by atoms with E-state index in [1.165, 1.54) is 11.3 Å². The molecule has 0 bridgehead atoms. The Morgan fingerprint density at radius 2 is 2.00 bits per heavy atom. The zero-order valence-electron chi connectivity index (χ0n) is 12.0. The van der Waals surface area contributed by atoms with Crippen molar-refractivity contribution >= 4 is 21.4 Å². The van der Waals surface area contributed by atoms with Crippen molar-refractivity contribution in [2.24, 2.45) is 5.41 Å². The number of aliphatic hydroxyl groups excluding tert-OH is 1. The molecule has 0 saturated carbocycles. The van der Waals surface area contributed by atoms with Crippen LogP contribution in [-0.4, -0.2) is 26.7 Å². The van der Waals surface area contributed by atoms with Crippen LogP contribution in [0.4, 0.5) is 0 Å². The molecule has 1 rings (SSSR count). The minimum Gasteiger partial charge on any atom is -0.396 e. The predicted octanol–water partition coefficient (Wildman–Crippen LogP) is 2.44. The van der Waals surface area contributed by atoms with Crippen LogP contribution in [0.25, 0.3) is 0 Å². The molecule has 1 aromatic rings. The van der Waals surface area contributed by atoms with Crippen molar-refractivity contribution in [3.8, 4) is 0 Å². The molecule has 0 unspecified atom stereocenters. The third-order valence-corrected chi connectivity index (χ3v) is 6.25. The van der Waals surface area contributed by atoms with Gasteiger partial charge in [-0.2, -0.15) is 0 Å². The van der Waals surface area contributed by atoms with Crippen LogP contribution in [0.3, 0.4) is 0 Å². The first-order valence-corrected chi connectivity index (χ1v) is 8.65. The molecule has 0 saturated heterocycles. The van der Waals surface area contributed by atoms with Gasteiger partial charge in [0.1, 0.15) is 4.21 Å². The van der Waals surface area contributed by atoms with Crippen molar-refractivity contribution in [3.05, 3.63) is 16.5 Å². The third kappa shape index (κ3) is 4.87. The largest absolute Gasteiger partial charge is 0.396 e. The Morgan fingerprint density at radius 3 is 2.47 bits per heavy atom. The molecule has 0 aliphatic heterocycles. The van der Waals surface area contributed by atoms with Crippen LogP contribution >= 0.6 is 11.3 Å². The molecule has 19 heavy (non-hydrogen) atoms. The number of hydrogen-bond acceptors (Lipinski definition) is 4. The van der Waals surface area contributed by atoms with E-state index in [1.807, 2.05) is 27.7 Å². The van der Waals surface area contributed by atoms with E-state index in [4.69, 9.17) is 5.11 Å². The highest BCUT2D eigenvalue weighted by Crippen LogP contribution is 2.25. The van der Waals surface area contributed by atoms with Gasteiger partial charge in [-0.15, -0.1) is 11.3 Å². The number of thiophene rings is 1. The first-order chi connectivity index (χ1) is 8.68. The van der Waals surface area contributed by atoms with E-state index in [1.54, 1.807) is 6.07 Å². The van der Waals surface area contributed by atoms with E-state index in [2.05, 4.69) is 4.72 Å². The lowest BCUT2D eigenvalue weighted by atomic mass is 9.89. The molecule has 2 N–H and O–H groups in total. The zero-order chi connectivity index (χ0) is 14.7. The number of aryl methyl sites for hydroxylation is 2. The maximum atomic E-state index is 12.0. The van der Waals surface area contributed by atoms with Crippen LogP contribution in [0.5, 0.6) is 0 Å². The summed E-state index contributed by atoms with van der Waals surface area (Å²) in [5.41, 5.74) is 0.855. The summed E-state index contributed by atoms with van der Waals surface area (Å²) in [6, 6.07) is 1.71. The average molecular weight is 305 g/mol. The maximum Gasteiger partial charge on any atom is 0.250 e. The number of hydrogen-bond donors (Lipinski definition) is 2. The molecule has 1 heterocycles. The van der Waals surface area contributed by atoms with Crippen LogP contribution in [0.1, 0.15) is 37.1 Å². The molecule has 0 aliphatic rings. The Morgan fingerprint density at radius 1 is 1.37 bits per heavy atom. The molecule has 0 fully saturated rings. The molecule has 0 radical (unpaired) electrons. The number of sulfonamides is 1. The Bertz CT molecular complexity index is 498. The van der Waals surface area contributed by atoms with E-state index >= 15 is 0 Å². The van der Waals surface area contributed by atoms with Crippen LogP contribution in [0.15, 0.2) is 10.3 Å². The van der Waals surface area contributed by atoms with Gasteiger partial charge in [0, 0.05) is 18.0 Å². The molecule has 6 heteroatoms. The minimum atomic E-state index is -3.38. The van der Waals surface area contributed by atoms with Crippen molar-refractivity contribution in [1.29, 1.82) is 0 Å². The van der Waals surface area contributed by atoms with Gasteiger partial charge in [-0.05, 0) is 43.7 Å². The predicted molar refractivity (Wildman–Crippen MR) is 79.1 cm³/mol. The Labute approximate surface area is 119 Å². The van der Waals surface area contributed by atoms with Gasteiger partial charge in [0.2, 0.25) is 10.0 Å². The van der Waals surface area contributed by atoms with Crippen molar-refractivity contribution < 1.29 is 13.5 Å². The first-order valence-electron chi connectivity index (χ1n) is 6.35. The second-order valence-electron chi connectivity index (χ2n) is 5.63. The fraction of sp³-hybridized carbons (Fsp3) is 0.692. The summed E-state index contributed by atoms with van der Waals surface area (Å²) in [7, 11) is -3.38. The maximum absolute atomic E-state index is 12.0. The van der Waals surface area contributed by atoms with Crippen molar-refractivity contribution in [2.45, 2.75) is 44.7 Å². The summed E-state index contributed by atoms with van der Waals surface area (Å²) in [6.45, 7) is 8.28. The molecule has 0 aromatic carbocycles. The lowest BCUT2D eigenvalue weighted by molar-refractivity contribution is 0.148. The SMILES string of the molecule is Cc1cc(S(=O)(=O)NCCCC(C)(C)CO)sc1C. The summed E-state index contributed by atoms with van der Waals surface area (Å²) in [6.07, 6.45) is 1.50. The monoisotopic (exact) mass is 305 g/mol. The highest BCUT2D eigenvalue weighted by Gasteiger charge is 2.19. The molecule has 0 aliphatic carbocycles. The fourth-order valence-electron chi connectivity index (χ4n) is 1.60. The Balaban J connectivity index is 2.53. The highest BCUT2D eigenvalue weighted by atomic mass is 32.2. The van der Waals surface area contributed by atoms with Crippen molar-refractivity contribution in [2.75, 3.05) is 13.2 Å². The smallest absolute Gasteiger partial charge is 0.250 e. The molecule has 1 aromatic heterocycles.